The number of fused-ring (bicyclic) bond motifs is 1. The van der Waals surface area contributed by atoms with Crippen LogP contribution in [0.3, 0.4) is 0 Å². The molecule has 10 heteroatoms. The molecule has 1 aliphatic rings. The lowest BCUT2D eigenvalue weighted by Gasteiger charge is -2.30. The molecular formula is C29H30ClFN6O2. The molecule has 0 bridgehead atoms. The minimum atomic E-state index is -0.491. The summed E-state index contributed by atoms with van der Waals surface area (Å²) in [5, 5.41) is 15.1. The number of benzene rings is 3. The van der Waals surface area contributed by atoms with E-state index in [1.165, 1.54) is 17.0 Å². The van der Waals surface area contributed by atoms with Crippen LogP contribution in [0.2, 0.25) is 5.02 Å². The van der Waals surface area contributed by atoms with E-state index in [1.807, 2.05) is 37.8 Å². The van der Waals surface area contributed by atoms with Crippen molar-refractivity contribution in [1.82, 2.24) is 19.8 Å². The minimum Gasteiger partial charge on any atom is -0.507 e. The fraction of sp³-hybridized carbons (Fsp3) is 0.241. The van der Waals surface area contributed by atoms with E-state index in [2.05, 4.69) is 15.2 Å². The van der Waals surface area contributed by atoms with Crippen LogP contribution in [0.4, 0.5) is 15.8 Å². The summed E-state index contributed by atoms with van der Waals surface area (Å²) in [4.78, 5) is 21.7. The van der Waals surface area contributed by atoms with Gasteiger partial charge in [0.05, 0.1) is 28.2 Å². The zero-order valence-electron chi connectivity index (χ0n) is 22.0. The minimum absolute atomic E-state index is 0.0623. The molecule has 2 heterocycles. The topological polar surface area (TPSA) is 76.9 Å². The molecule has 8 nitrogen and oxygen atoms in total. The van der Waals surface area contributed by atoms with Gasteiger partial charge in [-0.2, -0.15) is 0 Å². The van der Waals surface area contributed by atoms with Crippen LogP contribution in [0, 0.1) is 5.82 Å². The lowest BCUT2D eigenvalue weighted by molar-refractivity contribution is -0.106. The van der Waals surface area contributed by atoms with Gasteiger partial charge in [-0.3, -0.25) is 9.69 Å². The number of halogens is 2. The van der Waals surface area contributed by atoms with E-state index in [0.29, 0.717) is 34.4 Å². The molecule has 1 fully saturated rings. The van der Waals surface area contributed by atoms with E-state index < -0.39 is 5.82 Å². The maximum Gasteiger partial charge on any atom is 0.218 e. The Balaban J connectivity index is 1.60. The molecule has 0 unspecified atom stereocenters. The van der Waals surface area contributed by atoms with Crippen LogP contribution in [0.5, 0.6) is 5.75 Å². The highest BCUT2D eigenvalue weighted by atomic mass is 35.5. The van der Waals surface area contributed by atoms with Crippen molar-refractivity contribution in [3.05, 3.63) is 72.0 Å². The van der Waals surface area contributed by atoms with E-state index in [4.69, 9.17) is 11.6 Å². The third-order valence-corrected chi connectivity index (χ3v) is 7.13. The largest absolute Gasteiger partial charge is 0.507 e. The number of imidazole rings is 1. The van der Waals surface area contributed by atoms with Crippen molar-refractivity contribution in [2.24, 2.45) is 7.05 Å². The van der Waals surface area contributed by atoms with Crippen LogP contribution < -0.4 is 15.1 Å². The van der Waals surface area contributed by atoms with Gasteiger partial charge in [-0.15, -0.1) is 0 Å². The number of nitrogens with zero attached hydrogens (tertiary/aromatic N) is 5. The predicted octanol–water partition coefficient (Wildman–Crippen LogP) is 4.81. The highest BCUT2D eigenvalue weighted by Crippen LogP contribution is 2.43. The number of hydrogen-bond donors (Lipinski definition) is 2. The molecule has 4 aromatic rings. The van der Waals surface area contributed by atoms with Gasteiger partial charge in [0, 0.05) is 70.8 Å². The Morgan fingerprint density at radius 1 is 1.05 bits per heavy atom. The zero-order valence-corrected chi connectivity index (χ0v) is 22.8. The Bertz CT molecular complexity index is 1560. The van der Waals surface area contributed by atoms with E-state index in [1.54, 1.807) is 41.8 Å². The first-order valence-electron chi connectivity index (χ1n) is 12.6. The maximum absolute atomic E-state index is 15.1. The average Bonchev–Trinajstić information content (AvgIpc) is 3.31. The molecule has 0 atom stereocenters. The zero-order chi connectivity index (χ0) is 27.7. The van der Waals surface area contributed by atoms with Crippen molar-refractivity contribution < 1.29 is 14.3 Å². The molecule has 0 saturated carbocycles. The van der Waals surface area contributed by atoms with Gasteiger partial charge in [0.25, 0.3) is 0 Å². The number of aromatic hydroxyl groups is 1. The molecular weight excluding hydrogens is 519 g/mol. The molecule has 0 radical (unpaired) electrons. The second kappa shape index (κ2) is 11.0. The fourth-order valence-electron chi connectivity index (χ4n) is 4.81. The Morgan fingerprint density at radius 3 is 2.44 bits per heavy atom. The van der Waals surface area contributed by atoms with Gasteiger partial charge in [0.15, 0.2) is 0 Å². The highest BCUT2D eigenvalue weighted by Gasteiger charge is 2.21. The lowest BCUT2D eigenvalue weighted by Crippen LogP contribution is -2.43. The first-order valence-corrected chi connectivity index (χ1v) is 13.0. The summed E-state index contributed by atoms with van der Waals surface area (Å²) in [6, 6.07) is 11.5. The number of carbonyl (C=O) groups is 1. The quantitative estimate of drug-likeness (QED) is 0.323. The number of anilines is 2. The average molecular weight is 549 g/mol. The van der Waals surface area contributed by atoms with Gasteiger partial charge in [-0.25, -0.2) is 9.37 Å². The van der Waals surface area contributed by atoms with E-state index >= 15 is 4.39 Å². The number of piperazine rings is 1. The number of hydrogen-bond acceptors (Lipinski definition) is 6. The summed E-state index contributed by atoms with van der Waals surface area (Å²) in [6.45, 7) is 3.36. The number of phenols is 1. The van der Waals surface area contributed by atoms with Crippen LogP contribution in [0.25, 0.3) is 33.3 Å². The molecule has 202 valence electrons. The van der Waals surface area contributed by atoms with Gasteiger partial charge < -0.3 is 24.8 Å². The molecule has 0 aliphatic carbocycles. The van der Waals surface area contributed by atoms with Crippen LogP contribution in [0.15, 0.2) is 61.2 Å². The first kappa shape index (κ1) is 26.5. The Labute approximate surface area is 231 Å². The maximum atomic E-state index is 15.1. The molecule has 1 aliphatic heterocycles. The summed E-state index contributed by atoms with van der Waals surface area (Å²) < 4.78 is 17.0. The smallest absolute Gasteiger partial charge is 0.218 e. The highest BCUT2D eigenvalue weighted by molar-refractivity contribution is 6.34. The van der Waals surface area contributed by atoms with Gasteiger partial charge in [-0.1, -0.05) is 17.7 Å². The third-order valence-electron chi connectivity index (χ3n) is 6.83. The molecule has 1 saturated heterocycles. The second-order valence-corrected chi connectivity index (χ2v) is 10.2. The summed E-state index contributed by atoms with van der Waals surface area (Å²) in [5.74, 6) is -0.553. The normalized spacial score (nSPS) is 13.8. The second-order valence-electron chi connectivity index (χ2n) is 9.75. The third kappa shape index (κ3) is 5.28. The summed E-state index contributed by atoms with van der Waals surface area (Å²) in [7, 11) is 5.60. The first-order chi connectivity index (χ1) is 18.8. The molecule has 39 heavy (non-hydrogen) atoms. The van der Waals surface area contributed by atoms with E-state index in [0.717, 1.165) is 42.9 Å². The van der Waals surface area contributed by atoms with Crippen molar-refractivity contribution in [1.29, 1.82) is 0 Å². The number of aryl methyl sites for hydroxylation is 1. The Hall–Kier alpha value is -4.08. The van der Waals surface area contributed by atoms with Crippen molar-refractivity contribution in [3.8, 4) is 28.0 Å². The van der Waals surface area contributed by atoms with Crippen LogP contribution in [0.1, 0.15) is 0 Å². The predicted molar refractivity (Wildman–Crippen MR) is 155 cm³/mol. The van der Waals surface area contributed by atoms with Crippen molar-refractivity contribution in [2.45, 2.75) is 0 Å². The lowest BCUT2D eigenvalue weighted by atomic mass is 9.96. The van der Waals surface area contributed by atoms with Crippen molar-refractivity contribution in [3.63, 3.8) is 0 Å². The fourth-order valence-corrected chi connectivity index (χ4v) is 5.09. The number of aromatic nitrogens is 2. The number of phenolic OH excluding ortho intramolecular Hbond substituents is 1. The standard InChI is InChI=1S/C29H30ClFN6O2/c1-34(2)10-11-37(18-38)25-5-4-19(12-24(25)30)22-15-21(31)16-23(29(22)39)20-13-26-28(33-17-35(26)3)27(14-20)36-8-6-32-7-9-36/h4-5,10-18,32,39H,6-9H2,1-3H3/b11-10-. The molecule has 1 amide bonds. The Morgan fingerprint density at radius 2 is 1.77 bits per heavy atom. The summed E-state index contributed by atoms with van der Waals surface area (Å²) in [6.07, 6.45) is 5.73. The molecule has 2 N–H and O–H groups in total. The molecule has 3 aromatic carbocycles. The van der Waals surface area contributed by atoms with E-state index in [9.17, 15) is 9.90 Å². The van der Waals surface area contributed by atoms with Crippen LogP contribution in [-0.4, -0.2) is 66.2 Å². The molecule has 5 rings (SSSR count). The number of nitrogens with one attached hydrogen (secondary N) is 1. The van der Waals surface area contributed by atoms with Crippen molar-refractivity contribution >= 4 is 40.4 Å². The Kier molecular flexibility index (Phi) is 7.45. The number of amides is 1. The van der Waals surface area contributed by atoms with Crippen LogP contribution >= 0.6 is 11.6 Å². The summed E-state index contributed by atoms with van der Waals surface area (Å²) in [5.41, 5.74) is 5.04. The number of rotatable bonds is 7. The summed E-state index contributed by atoms with van der Waals surface area (Å²) >= 11 is 6.55. The van der Waals surface area contributed by atoms with Gasteiger partial charge in [0.2, 0.25) is 6.41 Å². The van der Waals surface area contributed by atoms with Gasteiger partial charge in [-0.05, 0) is 47.5 Å². The van der Waals surface area contributed by atoms with Gasteiger partial charge in [0.1, 0.15) is 17.1 Å². The van der Waals surface area contributed by atoms with Crippen LogP contribution in [-0.2, 0) is 11.8 Å². The monoisotopic (exact) mass is 548 g/mol. The molecule has 1 aromatic heterocycles. The van der Waals surface area contributed by atoms with Crippen molar-refractivity contribution in [2.75, 3.05) is 50.1 Å². The molecule has 0 spiro atoms. The van der Waals surface area contributed by atoms with Gasteiger partial charge >= 0.3 is 0 Å². The van der Waals surface area contributed by atoms with E-state index in [-0.39, 0.29) is 10.8 Å². The SMILES string of the molecule is CN(C)/C=C\N(C=O)c1ccc(-c2cc(F)cc(-c3cc(N4CCNCC4)c4ncn(C)c4c3)c2O)cc1Cl. The number of carbonyl (C=O) groups excluding carboxylic acids is 1.